The number of rotatable bonds is 7. The van der Waals surface area contributed by atoms with Gasteiger partial charge in [-0.25, -0.2) is 13.1 Å². The SMILES string of the molecule is CCNCC(C)S(=O)(=O)NCCC(C)(C)C. The molecule has 0 aromatic heterocycles. The van der Waals surface area contributed by atoms with Gasteiger partial charge in [0.1, 0.15) is 0 Å². The third kappa shape index (κ3) is 7.19. The monoisotopic (exact) mass is 250 g/mol. The molecule has 0 heterocycles. The molecule has 98 valence electrons. The quantitative estimate of drug-likeness (QED) is 0.717. The summed E-state index contributed by atoms with van der Waals surface area (Å²) < 4.78 is 26.2. The van der Waals surface area contributed by atoms with Crippen LogP contribution in [0.15, 0.2) is 0 Å². The fraction of sp³-hybridized carbons (Fsp3) is 1.00. The van der Waals surface area contributed by atoms with Crippen LogP contribution in [-0.4, -0.2) is 33.3 Å². The molecule has 1 unspecified atom stereocenters. The zero-order chi connectivity index (χ0) is 12.8. The Morgan fingerprint density at radius 1 is 1.25 bits per heavy atom. The van der Waals surface area contributed by atoms with Gasteiger partial charge in [-0.05, 0) is 25.3 Å². The van der Waals surface area contributed by atoms with E-state index in [0.717, 1.165) is 13.0 Å². The maximum atomic E-state index is 11.8. The average molecular weight is 250 g/mol. The van der Waals surface area contributed by atoms with Gasteiger partial charge in [0.25, 0.3) is 0 Å². The van der Waals surface area contributed by atoms with Gasteiger partial charge in [0.15, 0.2) is 0 Å². The first-order chi connectivity index (χ1) is 7.19. The lowest BCUT2D eigenvalue weighted by Gasteiger charge is -2.19. The van der Waals surface area contributed by atoms with Crippen LogP contribution < -0.4 is 10.0 Å². The maximum Gasteiger partial charge on any atom is 0.215 e. The largest absolute Gasteiger partial charge is 0.316 e. The lowest BCUT2D eigenvalue weighted by Crippen LogP contribution is -2.39. The average Bonchev–Trinajstić information content (AvgIpc) is 2.11. The highest BCUT2D eigenvalue weighted by Crippen LogP contribution is 2.17. The van der Waals surface area contributed by atoms with Gasteiger partial charge in [-0.15, -0.1) is 0 Å². The molecule has 0 amide bonds. The van der Waals surface area contributed by atoms with E-state index in [0.29, 0.717) is 13.1 Å². The zero-order valence-corrected chi connectivity index (χ0v) is 11.9. The second kappa shape index (κ2) is 6.57. The molecule has 0 aliphatic heterocycles. The highest BCUT2D eigenvalue weighted by Gasteiger charge is 2.20. The van der Waals surface area contributed by atoms with E-state index in [1.807, 2.05) is 6.92 Å². The minimum absolute atomic E-state index is 0.160. The van der Waals surface area contributed by atoms with Crippen molar-refractivity contribution in [3.8, 4) is 0 Å². The number of nitrogens with one attached hydrogen (secondary N) is 2. The van der Waals surface area contributed by atoms with E-state index in [9.17, 15) is 8.42 Å². The van der Waals surface area contributed by atoms with Crippen molar-refractivity contribution in [1.29, 1.82) is 0 Å². The molecule has 0 aliphatic carbocycles. The summed E-state index contributed by atoms with van der Waals surface area (Å²) in [4.78, 5) is 0. The Labute approximate surface area is 100 Å². The Balaban J connectivity index is 4.05. The van der Waals surface area contributed by atoms with Crippen LogP contribution in [0.25, 0.3) is 0 Å². The highest BCUT2D eigenvalue weighted by atomic mass is 32.2. The maximum absolute atomic E-state index is 11.8. The fourth-order valence-electron chi connectivity index (χ4n) is 1.17. The second-order valence-corrected chi connectivity index (χ2v) is 7.55. The van der Waals surface area contributed by atoms with Gasteiger partial charge in [0.2, 0.25) is 10.0 Å². The van der Waals surface area contributed by atoms with Crippen LogP contribution in [0.5, 0.6) is 0 Å². The lowest BCUT2D eigenvalue weighted by atomic mass is 9.93. The summed E-state index contributed by atoms with van der Waals surface area (Å²) in [6, 6.07) is 0. The van der Waals surface area contributed by atoms with E-state index in [2.05, 4.69) is 30.8 Å². The number of hydrogen-bond donors (Lipinski definition) is 2. The zero-order valence-electron chi connectivity index (χ0n) is 11.1. The molecule has 0 rings (SSSR count). The lowest BCUT2D eigenvalue weighted by molar-refractivity contribution is 0.378. The van der Waals surface area contributed by atoms with Gasteiger partial charge in [-0.3, -0.25) is 0 Å². The van der Waals surface area contributed by atoms with Crippen LogP contribution in [0, 0.1) is 5.41 Å². The summed E-state index contributed by atoms with van der Waals surface area (Å²) in [5, 5.41) is 2.66. The van der Waals surface area contributed by atoms with Gasteiger partial charge < -0.3 is 5.32 Å². The van der Waals surface area contributed by atoms with Crippen molar-refractivity contribution < 1.29 is 8.42 Å². The number of sulfonamides is 1. The van der Waals surface area contributed by atoms with E-state index in [1.54, 1.807) is 6.92 Å². The Morgan fingerprint density at radius 2 is 1.81 bits per heavy atom. The van der Waals surface area contributed by atoms with Crippen molar-refractivity contribution in [2.24, 2.45) is 5.41 Å². The van der Waals surface area contributed by atoms with E-state index >= 15 is 0 Å². The van der Waals surface area contributed by atoms with Gasteiger partial charge in [-0.2, -0.15) is 0 Å². The van der Waals surface area contributed by atoms with Crippen molar-refractivity contribution >= 4 is 10.0 Å². The van der Waals surface area contributed by atoms with E-state index in [4.69, 9.17) is 0 Å². The minimum atomic E-state index is -3.17. The molecule has 16 heavy (non-hydrogen) atoms. The van der Waals surface area contributed by atoms with Crippen LogP contribution >= 0.6 is 0 Å². The first kappa shape index (κ1) is 15.9. The van der Waals surface area contributed by atoms with Gasteiger partial charge in [-0.1, -0.05) is 27.7 Å². The van der Waals surface area contributed by atoms with Crippen molar-refractivity contribution in [2.75, 3.05) is 19.6 Å². The number of hydrogen-bond acceptors (Lipinski definition) is 3. The minimum Gasteiger partial charge on any atom is -0.316 e. The molecule has 1 atom stereocenters. The molecule has 5 heteroatoms. The summed E-state index contributed by atoms with van der Waals surface area (Å²) >= 11 is 0. The Kier molecular flexibility index (Phi) is 6.51. The summed E-state index contributed by atoms with van der Waals surface area (Å²) in [6.07, 6.45) is 0.847. The molecule has 0 aromatic rings. The summed E-state index contributed by atoms with van der Waals surface area (Å²) in [5.74, 6) is 0. The van der Waals surface area contributed by atoms with Crippen LogP contribution in [0.1, 0.15) is 41.0 Å². The molecule has 0 saturated carbocycles. The molecule has 0 aliphatic rings. The molecule has 2 N–H and O–H groups in total. The Bertz CT molecular complexity index is 281. The van der Waals surface area contributed by atoms with Crippen LogP contribution in [-0.2, 0) is 10.0 Å². The van der Waals surface area contributed by atoms with Crippen molar-refractivity contribution in [1.82, 2.24) is 10.0 Å². The predicted octanol–water partition coefficient (Wildman–Crippen LogP) is 1.34. The topological polar surface area (TPSA) is 58.2 Å². The molecule has 0 saturated heterocycles. The molecule has 0 bridgehead atoms. The summed E-state index contributed by atoms with van der Waals surface area (Å²) in [6.45, 7) is 11.8. The van der Waals surface area contributed by atoms with E-state index in [-0.39, 0.29) is 10.7 Å². The molecule has 4 nitrogen and oxygen atoms in total. The van der Waals surface area contributed by atoms with Gasteiger partial charge in [0, 0.05) is 13.1 Å². The smallest absolute Gasteiger partial charge is 0.215 e. The molecule has 0 fully saturated rings. The third-order valence-electron chi connectivity index (χ3n) is 2.39. The Morgan fingerprint density at radius 3 is 2.25 bits per heavy atom. The van der Waals surface area contributed by atoms with Crippen LogP contribution in [0.2, 0.25) is 0 Å². The second-order valence-electron chi connectivity index (χ2n) is 5.37. The fourth-order valence-corrected chi connectivity index (χ4v) is 2.18. The summed E-state index contributed by atoms with van der Waals surface area (Å²) in [5.41, 5.74) is 0.160. The molecule has 0 radical (unpaired) electrons. The molecule has 0 aromatic carbocycles. The van der Waals surface area contributed by atoms with Crippen molar-refractivity contribution in [3.63, 3.8) is 0 Å². The van der Waals surface area contributed by atoms with E-state index in [1.165, 1.54) is 0 Å². The first-order valence-electron chi connectivity index (χ1n) is 5.88. The molecular formula is C11H26N2O2S. The Hall–Kier alpha value is -0.130. The standard InChI is InChI=1S/C11H26N2O2S/c1-6-12-9-10(2)16(14,15)13-8-7-11(3,4)5/h10,12-13H,6-9H2,1-5H3. The molecular weight excluding hydrogens is 224 g/mol. The third-order valence-corrected chi connectivity index (χ3v) is 4.22. The van der Waals surface area contributed by atoms with Crippen LogP contribution in [0.3, 0.4) is 0 Å². The van der Waals surface area contributed by atoms with E-state index < -0.39 is 10.0 Å². The highest BCUT2D eigenvalue weighted by molar-refractivity contribution is 7.90. The van der Waals surface area contributed by atoms with Gasteiger partial charge >= 0.3 is 0 Å². The van der Waals surface area contributed by atoms with Crippen molar-refractivity contribution in [2.45, 2.75) is 46.3 Å². The van der Waals surface area contributed by atoms with Gasteiger partial charge in [0.05, 0.1) is 5.25 Å². The normalized spacial score (nSPS) is 15.1. The predicted molar refractivity (Wildman–Crippen MR) is 69.0 cm³/mol. The molecule has 0 spiro atoms. The summed E-state index contributed by atoms with van der Waals surface area (Å²) in [7, 11) is -3.17. The first-order valence-corrected chi connectivity index (χ1v) is 7.43. The van der Waals surface area contributed by atoms with Crippen molar-refractivity contribution in [3.05, 3.63) is 0 Å². The van der Waals surface area contributed by atoms with Crippen LogP contribution in [0.4, 0.5) is 0 Å².